The van der Waals surface area contributed by atoms with Crippen molar-refractivity contribution in [1.29, 1.82) is 0 Å². The zero-order valence-electron chi connectivity index (χ0n) is 15.6. The molecule has 6 heteroatoms. The molecule has 3 heterocycles. The lowest BCUT2D eigenvalue weighted by Gasteiger charge is -2.24. The molecule has 2 aliphatic rings. The number of hydrogen-bond donors (Lipinski definition) is 1. The summed E-state index contributed by atoms with van der Waals surface area (Å²) in [7, 11) is 0. The van der Waals surface area contributed by atoms with E-state index in [0.29, 0.717) is 30.1 Å². The molecule has 1 fully saturated rings. The van der Waals surface area contributed by atoms with Gasteiger partial charge in [-0.2, -0.15) is 0 Å². The van der Waals surface area contributed by atoms with Crippen molar-refractivity contribution in [3.8, 4) is 0 Å². The first-order valence-electron chi connectivity index (χ1n) is 9.85. The van der Waals surface area contributed by atoms with Gasteiger partial charge in [0.1, 0.15) is 5.82 Å². The Hall–Kier alpha value is -2.99. The fraction of sp³-hybridized carbons (Fsp3) is 0.318. The van der Waals surface area contributed by atoms with Crippen LogP contribution in [0.4, 0.5) is 0 Å². The number of nitrogens with one attached hydrogen (secondary N) is 1. The third kappa shape index (κ3) is 2.72. The van der Waals surface area contributed by atoms with Crippen molar-refractivity contribution < 1.29 is 9.59 Å². The monoisotopic (exact) mass is 374 g/mol. The molecule has 0 spiro atoms. The highest BCUT2D eigenvalue weighted by atomic mass is 16.2. The maximum absolute atomic E-state index is 12.7. The van der Waals surface area contributed by atoms with Crippen molar-refractivity contribution in [2.24, 2.45) is 0 Å². The second-order valence-corrected chi connectivity index (χ2v) is 7.46. The minimum Gasteiger partial charge on any atom is -0.326 e. The van der Waals surface area contributed by atoms with E-state index in [4.69, 9.17) is 4.98 Å². The summed E-state index contributed by atoms with van der Waals surface area (Å²) in [6, 6.07) is 15.1. The van der Waals surface area contributed by atoms with E-state index in [-0.39, 0.29) is 11.8 Å². The third-order valence-corrected chi connectivity index (χ3v) is 5.77. The van der Waals surface area contributed by atoms with E-state index in [0.717, 1.165) is 42.8 Å². The average Bonchev–Trinajstić information content (AvgIpc) is 3.23. The van der Waals surface area contributed by atoms with Gasteiger partial charge in [-0.25, -0.2) is 4.98 Å². The topological polar surface area (TPSA) is 67.2 Å². The zero-order chi connectivity index (χ0) is 19.1. The van der Waals surface area contributed by atoms with Crippen LogP contribution in [0.2, 0.25) is 0 Å². The van der Waals surface area contributed by atoms with Gasteiger partial charge in [-0.05, 0) is 43.7 Å². The van der Waals surface area contributed by atoms with Crippen molar-refractivity contribution in [2.75, 3.05) is 19.6 Å². The number of fused-ring (bicyclic) bond motifs is 2. The highest BCUT2D eigenvalue weighted by Crippen LogP contribution is 2.28. The van der Waals surface area contributed by atoms with Crippen LogP contribution < -0.4 is 5.32 Å². The average molecular weight is 374 g/mol. The number of aromatic nitrogens is 2. The van der Waals surface area contributed by atoms with Gasteiger partial charge in [0, 0.05) is 25.6 Å². The number of hydrogen-bond acceptors (Lipinski definition) is 4. The number of rotatable bonds is 4. The van der Waals surface area contributed by atoms with Gasteiger partial charge in [-0.3, -0.25) is 14.5 Å². The van der Waals surface area contributed by atoms with Gasteiger partial charge in [-0.1, -0.05) is 24.3 Å². The fourth-order valence-corrected chi connectivity index (χ4v) is 4.36. The van der Waals surface area contributed by atoms with Crippen LogP contribution in [0.5, 0.6) is 0 Å². The van der Waals surface area contributed by atoms with E-state index in [9.17, 15) is 9.59 Å². The Morgan fingerprint density at radius 1 is 0.964 bits per heavy atom. The first-order chi connectivity index (χ1) is 13.7. The molecular weight excluding hydrogens is 352 g/mol. The van der Waals surface area contributed by atoms with Crippen LogP contribution in [0, 0.1) is 0 Å². The molecule has 1 saturated heterocycles. The molecule has 0 unspecified atom stereocenters. The van der Waals surface area contributed by atoms with Gasteiger partial charge in [0.15, 0.2) is 0 Å². The van der Waals surface area contributed by atoms with E-state index in [1.54, 1.807) is 24.3 Å². The second kappa shape index (κ2) is 6.87. The molecule has 6 nitrogen and oxygen atoms in total. The maximum Gasteiger partial charge on any atom is 0.261 e. The lowest BCUT2D eigenvalue weighted by molar-refractivity contribution is 0.0649. The molecule has 1 N–H and O–H groups in total. The lowest BCUT2D eigenvalue weighted by atomic mass is 9.99. The first kappa shape index (κ1) is 17.1. The quantitative estimate of drug-likeness (QED) is 0.713. The number of carbonyl (C=O) groups is 2. The summed E-state index contributed by atoms with van der Waals surface area (Å²) in [6.07, 6.45) is 2.23. The molecule has 3 aromatic rings. The summed E-state index contributed by atoms with van der Waals surface area (Å²) in [6.45, 7) is 2.86. The molecule has 1 aromatic heterocycles. The Labute approximate surface area is 163 Å². The predicted octanol–water partition coefficient (Wildman–Crippen LogP) is 2.80. The maximum atomic E-state index is 12.7. The number of imide groups is 1. The predicted molar refractivity (Wildman–Crippen MR) is 106 cm³/mol. The standard InChI is InChI=1S/C22H22N4O2/c27-21-16-7-1-2-8-17(16)22(28)26(21)13-12-25-19-10-4-3-9-18(19)24-20(25)15-6-5-11-23-14-15/h1-4,7-10,15,23H,5-6,11-14H2/t15-/m1/s1. The van der Waals surface area contributed by atoms with Gasteiger partial charge < -0.3 is 9.88 Å². The van der Waals surface area contributed by atoms with Crippen LogP contribution in [0.1, 0.15) is 45.3 Å². The highest BCUT2D eigenvalue weighted by Gasteiger charge is 2.35. The van der Waals surface area contributed by atoms with Crippen molar-refractivity contribution in [1.82, 2.24) is 19.8 Å². The van der Waals surface area contributed by atoms with E-state index in [1.165, 1.54) is 4.90 Å². The van der Waals surface area contributed by atoms with Crippen LogP contribution in [0.25, 0.3) is 11.0 Å². The van der Waals surface area contributed by atoms with Crippen LogP contribution in [0.15, 0.2) is 48.5 Å². The van der Waals surface area contributed by atoms with Crippen LogP contribution >= 0.6 is 0 Å². The molecule has 0 saturated carbocycles. The minimum absolute atomic E-state index is 0.203. The van der Waals surface area contributed by atoms with Gasteiger partial charge in [-0.15, -0.1) is 0 Å². The number of carbonyl (C=O) groups excluding carboxylic acids is 2. The van der Waals surface area contributed by atoms with Gasteiger partial charge in [0.2, 0.25) is 0 Å². The fourth-order valence-electron chi connectivity index (χ4n) is 4.36. The summed E-state index contributed by atoms with van der Waals surface area (Å²) in [5.41, 5.74) is 3.02. The molecule has 28 heavy (non-hydrogen) atoms. The Bertz CT molecular complexity index is 1030. The number of imidazole rings is 1. The Morgan fingerprint density at radius 2 is 1.68 bits per heavy atom. The molecule has 0 aliphatic carbocycles. The van der Waals surface area contributed by atoms with Crippen molar-refractivity contribution >= 4 is 22.8 Å². The summed E-state index contributed by atoms with van der Waals surface area (Å²) < 4.78 is 2.19. The molecule has 5 rings (SSSR count). The molecular formula is C22H22N4O2. The molecule has 1 atom stereocenters. The molecule has 142 valence electrons. The van der Waals surface area contributed by atoms with Crippen LogP contribution in [-0.4, -0.2) is 45.9 Å². The van der Waals surface area contributed by atoms with Gasteiger partial charge >= 0.3 is 0 Å². The third-order valence-electron chi connectivity index (χ3n) is 5.77. The van der Waals surface area contributed by atoms with Crippen LogP contribution in [-0.2, 0) is 6.54 Å². The van der Waals surface area contributed by atoms with E-state index in [2.05, 4.69) is 16.0 Å². The summed E-state index contributed by atoms with van der Waals surface area (Å²) in [4.78, 5) is 31.6. The Morgan fingerprint density at radius 3 is 2.39 bits per heavy atom. The molecule has 2 aromatic carbocycles. The normalized spacial score (nSPS) is 19.4. The van der Waals surface area contributed by atoms with Crippen molar-refractivity contribution in [3.05, 3.63) is 65.5 Å². The van der Waals surface area contributed by atoms with E-state index < -0.39 is 0 Å². The van der Waals surface area contributed by atoms with Crippen molar-refractivity contribution in [3.63, 3.8) is 0 Å². The molecule has 0 radical (unpaired) electrons. The number of nitrogens with zero attached hydrogens (tertiary/aromatic N) is 3. The highest BCUT2D eigenvalue weighted by molar-refractivity contribution is 6.21. The smallest absolute Gasteiger partial charge is 0.261 e. The first-order valence-corrected chi connectivity index (χ1v) is 9.85. The molecule has 2 amide bonds. The van der Waals surface area contributed by atoms with Crippen LogP contribution in [0.3, 0.4) is 0 Å². The number of para-hydroxylation sites is 2. The SMILES string of the molecule is O=C1c2ccccc2C(=O)N1CCn1c([C@@H]2CCCNC2)nc2ccccc21. The number of amides is 2. The van der Waals surface area contributed by atoms with E-state index in [1.807, 2.05) is 18.2 Å². The van der Waals surface area contributed by atoms with E-state index >= 15 is 0 Å². The second-order valence-electron chi connectivity index (χ2n) is 7.46. The van der Waals surface area contributed by atoms with Gasteiger partial charge in [0.25, 0.3) is 11.8 Å². The Balaban J connectivity index is 1.45. The molecule has 2 aliphatic heterocycles. The summed E-state index contributed by atoms with van der Waals surface area (Å²) in [5, 5.41) is 3.46. The zero-order valence-corrected chi connectivity index (χ0v) is 15.6. The number of benzene rings is 2. The summed E-state index contributed by atoms with van der Waals surface area (Å²) >= 11 is 0. The van der Waals surface area contributed by atoms with Gasteiger partial charge in [0.05, 0.1) is 22.2 Å². The largest absolute Gasteiger partial charge is 0.326 e. The summed E-state index contributed by atoms with van der Waals surface area (Å²) in [5.74, 6) is 0.991. The minimum atomic E-state index is -0.203. The van der Waals surface area contributed by atoms with Crippen molar-refractivity contribution in [2.45, 2.75) is 25.3 Å². The molecule has 0 bridgehead atoms. The number of piperidine rings is 1. The Kier molecular flexibility index (Phi) is 4.20. The lowest BCUT2D eigenvalue weighted by Crippen LogP contribution is -2.34.